The second-order valence-corrected chi connectivity index (χ2v) is 4.78. The van der Waals surface area contributed by atoms with Gasteiger partial charge in [-0.15, -0.1) is 11.6 Å². The van der Waals surface area contributed by atoms with Crippen LogP contribution >= 0.6 is 39.1 Å². The smallest absolute Gasteiger partial charge is 0.157 e. The maximum Gasteiger partial charge on any atom is 0.157 e. The molecule has 1 aromatic rings. The molecule has 0 saturated carbocycles. The van der Waals surface area contributed by atoms with Gasteiger partial charge in [0, 0.05) is 6.54 Å². The molecule has 0 aliphatic rings. The fraction of sp³-hybridized carbons (Fsp3) is 0.300. The van der Waals surface area contributed by atoms with Crippen molar-refractivity contribution < 1.29 is 9.50 Å². The Balaban J connectivity index is 3.07. The average molecular weight is 342 g/mol. The largest absolute Gasteiger partial charge is 0.390 e. The van der Waals surface area contributed by atoms with Gasteiger partial charge < -0.3 is 10.4 Å². The number of halogens is 4. The number of aliphatic hydroxyl groups is 1. The van der Waals surface area contributed by atoms with E-state index in [1.807, 2.05) is 0 Å². The molecule has 17 heavy (non-hydrogen) atoms. The first-order chi connectivity index (χ1) is 8.01. The Labute approximate surface area is 116 Å². The van der Waals surface area contributed by atoms with Gasteiger partial charge in [0.05, 0.1) is 27.2 Å². The number of rotatable bonds is 4. The molecule has 3 nitrogen and oxygen atoms in total. The van der Waals surface area contributed by atoms with Crippen LogP contribution in [0.5, 0.6) is 0 Å². The van der Waals surface area contributed by atoms with E-state index in [-0.39, 0.29) is 33.2 Å². The first-order valence-corrected chi connectivity index (χ1v) is 6.27. The fourth-order valence-electron chi connectivity index (χ4n) is 1.15. The lowest BCUT2D eigenvalue weighted by atomic mass is 10.1. The molecule has 0 radical (unpaired) electrons. The SMILES string of the molecule is N#Cc1c(F)c(Br)cc(Cl)c1NCC(O)CCl. The molecule has 0 fully saturated rings. The molecule has 0 bridgehead atoms. The lowest BCUT2D eigenvalue weighted by Crippen LogP contribution is -2.21. The number of hydrogen-bond donors (Lipinski definition) is 2. The molecule has 2 N–H and O–H groups in total. The van der Waals surface area contributed by atoms with E-state index in [4.69, 9.17) is 28.5 Å². The molecule has 7 heteroatoms. The molecule has 1 unspecified atom stereocenters. The minimum absolute atomic E-state index is 0.0333. The molecule has 0 amide bonds. The number of nitrogens with zero attached hydrogens (tertiary/aromatic N) is 1. The van der Waals surface area contributed by atoms with Crippen LogP contribution in [0.3, 0.4) is 0 Å². The van der Waals surface area contributed by atoms with Crippen molar-refractivity contribution in [3.63, 3.8) is 0 Å². The minimum Gasteiger partial charge on any atom is -0.390 e. The van der Waals surface area contributed by atoms with E-state index in [0.29, 0.717) is 0 Å². The van der Waals surface area contributed by atoms with Crippen molar-refractivity contribution in [2.45, 2.75) is 6.10 Å². The summed E-state index contributed by atoms with van der Waals surface area (Å²) in [6.45, 7) is 0.0823. The summed E-state index contributed by atoms with van der Waals surface area (Å²) in [6.07, 6.45) is -0.800. The van der Waals surface area contributed by atoms with Gasteiger partial charge in [0.15, 0.2) is 5.82 Å². The van der Waals surface area contributed by atoms with Crippen molar-refractivity contribution in [1.29, 1.82) is 5.26 Å². The van der Waals surface area contributed by atoms with Crippen molar-refractivity contribution in [1.82, 2.24) is 0 Å². The number of nitrogens with one attached hydrogen (secondary N) is 1. The van der Waals surface area contributed by atoms with Crippen molar-refractivity contribution in [3.05, 3.63) is 26.9 Å². The lowest BCUT2D eigenvalue weighted by molar-refractivity contribution is 0.211. The summed E-state index contributed by atoms with van der Waals surface area (Å²) in [5.41, 5.74) is -0.0508. The van der Waals surface area contributed by atoms with E-state index in [1.165, 1.54) is 6.07 Å². The molecule has 92 valence electrons. The zero-order valence-corrected chi connectivity index (χ0v) is 11.6. The molecule has 0 aromatic heterocycles. The average Bonchev–Trinajstić information content (AvgIpc) is 2.31. The van der Waals surface area contributed by atoms with Gasteiger partial charge >= 0.3 is 0 Å². The van der Waals surface area contributed by atoms with Crippen LogP contribution in [0.2, 0.25) is 5.02 Å². The van der Waals surface area contributed by atoms with Crippen LogP contribution in [-0.2, 0) is 0 Å². The van der Waals surface area contributed by atoms with E-state index in [2.05, 4.69) is 21.2 Å². The van der Waals surface area contributed by atoms with Gasteiger partial charge in [0.1, 0.15) is 11.6 Å². The third kappa shape index (κ3) is 3.46. The molecular formula is C10H8BrCl2FN2O. The molecule has 1 rings (SSSR count). The lowest BCUT2D eigenvalue weighted by Gasteiger charge is -2.13. The second-order valence-electron chi connectivity index (χ2n) is 3.21. The highest BCUT2D eigenvalue weighted by Crippen LogP contribution is 2.33. The summed E-state index contributed by atoms with van der Waals surface area (Å²) in [5.74, 6) is -0.661. The molecule has 0 saturated heterocycles. The number of hydrogen-bond acceptors (Lipinski definition) is 3. The minimum atomic E-state index is -0.800. The summed E-state index contributed by atoms with van der Waals surface area (Å²) in [6, 6.07) is 3.06. The van der Waals surface area contributed by atoms with Crippen molar-refractivity contribution in [2.24, 2.45) is 0 Å². The summed E-state index contributed by atoms with van der Waals surface area (Å²) in [4.78, 5) is 0. The Hall–Kier alpha value is -0.540. The highest BCUT2D eigenvalue weighted by Gasteiger charge is 2.16. The van der Waals surface area contributed by atoms with Crippen LogP contribution < -0.4 is 5.32 Å². The van der Waals surface area contributed by atoms with Crippen LogP contribution in [0.4, 0.5) is 10.1 Å². The van der Waals surface area contributed by atoms with E-state index < -0.39 is 11.9 Å². The van der Waals surface area contributed by atoms with Crippen molar-refractivity contribution >= 4 is 44.8 Å². The first kappa shape index (κ1) is 14.5. The normalized spacial score (nSPS) is 12.0. The maximum absolute atomic E-state index is 13.6. The third-order valence-electron chi connectivity index (χ3n) is 1.98. The number of aliphatic hydroxyl groups excluding tert-OH is 1. The van der Waals surface area contributed by atoms with Crippen LogP contribution in [0, 0.1) is 17.1 Å². The van der Waals surface area contributed by atoms with Crippen LogP contribution in [0.25, 0.3) is 0 Å². The predicted molar refractivity (Wildman–Crippen MR) is 69.0 cm³/mol. The van der Waals surface area contributed by atoms with Crippen LogP contribution in [0.1, 0.15) is 5.56 Å². The number of anilines is 1. The summed E-state index contributed by atoms with van der Waals surface area (Å²) >= 11 is 14.3. The monoisotopic (exact) mass is 340 g/mol. The van der Waals surface area contributed by atoms with Gasteiger partial charge in [0.25, 0.3) is 0 Å². The summed E-state index contributed by atoms with van der Waals surface area (Å²) in [7, 11) is 0. The topological polar surface area (TPSA) is 56.0 Å². The van der Waals surface area contributed by atoms with E-state index >= 15 is 0 Å². The summed E-state index contributed by atoms with van der Waals surface area (Å²) in [5, 5.41) is 21.0. The van der Waals surface area contributed by atoms with Gasteiger partial charge in [-0.1, -0.05) is 11.6 Å². The van der Waals surface area contributed by atoms with Gasteiger partial charge in [-0.3, -0.25) is 0 Å². The zero-order valence-electron chi connectivity index (χ0n) is 8.48. The molecule has 0 aliphatic heterocycles. The highest BCUT2D eigenvalue weighted by atomic mass is 79.9. The van der Waals surface area contributed by atoms with Gasteiger partial charge in [0.2, 0.25) is 0 Å². The molecule has 1 aromatic carbocycles. The molecule has 0 aliphatic carbocycles. The molecule has 0 heterocycles. The van der Waals surface area contributed by atoms with Gasteiger partial charge in [-0.25, -0.2) is 4.39 Å². The maximum atomic E-state index is 13.6. The van der Waals surface area contributed by atoms with Crippen LogP contribution in [-0.4, -0.2) is 23.6 Å². The van der Waals surface area contributed by atoms with Crippen molar-refractivity contribution in [2.75, 3.05) is 17.7 Å². The molecular weight excluding hydrogens is 334 g/mol. The van der Waals surface area contributed by atoms with Gasteiger partial charge in [-0.05, 0) is 22.0 Å². The Morgan fingerprint density at radius 1 is 1.65 bits per heavy atom. The number of nitriles is 1. The van der Waals surface area contributed by atoms with E-state index in [9.17, 15) is 9.50 Å². The Bertz CT molecular complexity index is 465. The van der Waals surface area contributed by atoms with Gasteiger partial charge in [-0.2, -0.15) is 5.26 Å². The summed E-state index contributed by atoms with van der Waals surface area (Å²) < 4.78 is 13.7. The highest BCUT2D eigenvalue weighted by molar-refractivity contribution is 9.10. The first-order valence-electron chi connectivity index (χ1n) is 4.56. The molecule has 1 atom stereocenters. The number of benzene rings is 1. The quantitative estimate of drug-likeness (QED) is 0.653. The van der Waals surface area contributed by atoms with Crippen LogP contribution in [0.15, 0.2) is 10.5 Å². The second kappa shape index (κ2) is 6.41. The standard InChI is InChI=1S/C10H8BrCl2FN2O/c11-7-1-8(13)10(6(3-15)9(7)14)16-4-5(17)2-12/h1,5,16-17H,2,4H2. The Morgan fingerprint density at radius 3 is 2.82 bits per heavy atom. The molecule has 0 spiro atoms. The van der Waals surface area contributed by atoms with Crippen molar-refractivity contribution in [3.8, 4) is 6.07 Å². The fourth-order valence-corrected chi connectivity index (χ4v) is 2.09. The van der Waals surface area contributed by atoms with E-state index in [1.54, 1.807) is 6.07 Å². The zero-order chi connectivity index (χ0) is 13.0. The predicted octanol–water partition coefficient (Wildman–Crippen LogP) is 3.12. The van der Waals surface area contributed by atoms with E-state index in [0.717, 1.165) is 0 Å². The Morgan fingerprint density at radius 2 is 2.29 bits per heavy atom. The number of alkyl halides is 1. The Kier molecular flexibility index (Phi) is 5.47. The third-order valence-corrected chi connectivity index (χ3v) is 3.21.